The third-order valence-electron chi connectivity index (χ3n) is 6.14. The first kappa shape index (κ1) is 30.3. The quantitative estimate of drug-likeness (QED) is 0.410. The molecule has 0 fully saturated rings. The highest BCUT2D eigenvalue weighted by Crippen LogP contribution is 2.21. The summed E-state index contributed by atoms with van der Waals surface area (Å²) in [5, 5.41) is 8.73. The van der Waals surface area contributed by atoms with Gasteiger partial charge in [-0.2, -0.15) is 28.1 Å². The van der Waals surface area contributed by atoms with Crippen LogP contribution in [-0.2, 0) is 11.3 Å². The number of alkyl halides is 3. The predicted octanol–water partition coefficient (Wildman–Crippen LogP) is 4.31. The number of nitrogens with one attached hydrogen (secondary N) is 3. The lowest BCUT2D eigenvalue weighted by Gasteiger charge is -2.22. The van der Waals surface area contributed by atoms with E-state index >= 15 is 0 Å². The zero-order valence-electron chi connectivity index (χ0n) is 23.0. The molecule has 7 rings (SSSR count). The fourth-order valence-corrected chi connectivity index (χ4v) is 4.03. The molecule has 0 spiro atoms. The Morgan fingerprint density at radius 1 is 0.976 bits per heavy atom. The number of carbonyl (C=O) groups excluding carboxylic acids is 2. The first-order chi connectivity index (χ1) is 20.2. The fourth-order valence-electron chi connectivity index (χ4n) is 4.03. The number of aromatic nitrogens is 3. The molecule has 0 unspecified atom stereocenters. The monoisotopic (exact) mass is 587 g/mol. The third kappa shape index (κ3) is 9.49. The molecule has 5 heterocycles. The van der Waals surface area contributed by atoms with E-state index in [1.165, 1.54) is 0 Å². The molecule has 3 aromatic rings. The van der Waals surface area contributed by atoms with Gasteiger partial charge in [-0.05, 0) is 54.8 Å². The summed E-state index contributed by atoms with van der Waals surface area (Å²) in [5.41, 5.74) is 1.74. The SMILES string of the molecule is CCC(=O)N1CCCNC(=O)c2ccc(cc2)Nc2nc(nc(OCC(F)(F)F)n2)NCc2ccc(cc2)OCCC1. The van der Waals surface area contributed by atoms with E-state index in [0.717, 1.165) is 5.56 Å². The minimum atomic E-state index is -4.57. The molecule has 4 aliphatic heterocycles. The van der Waals surface area contributed by atoms with Crippen molar-refractivity contribution in [1.29, 1.82) is 0 Å². The van der Waals surface area contributed by atoms with Crippen LogP contribution in [0.2, 0.25) is 0 Å². The molecule has 1 aromatic heterocycles. The molecule has 0 saturated carbocycles. The third-order valence-corrected chi connectivity index (χ3v) is 6.14. The Labute approximate surface area is 240 Å². The van der Waals surface area contributed by atoms with Gasteiger partial charge >= 0.3 is 12.2 Å². The minimum absolute atomic E-state index is 0.00152. The van der Waals surface area contributed by atoms with Crippen molar-refractivity contribution in [2.24, 2.45) is 0 Å². The number of hydrogen-bond acceptors (Lipinski definition) is 9. The summed E-state index contributed by atoms with van der Waals surface area (Å²) in [6.45, 7) is 2.38. The van der Waals surface area contributed by atoms with Crippen LogP contribution in [-0.4, -0.2) is 70.7 Å². The van der Waals surface area contributed by atoms with Crippen molar-refractivity contribution in [2.75, 3.05) is 43.5 Å². The van der Waals surface area contributed by atoms with Gasteiger partial charge in [0.1, 0.15) is 5.75 Å². The van der Waals surface area contributed by atoms with E-state index in [9.17, 15) is 22.8 Å². The Kier molecular flexibility index (Phi) is 10.3. The van der Waals surface area contributed by atoms with Gasteiger partial charge in [0.25, 0.3) is 5.91 Å². The molecular formula is C28H32F3N7O4. The lowest BCUT2D eigenvalue weighted by Crippen LogP contribution is -2.35. The highest BCUT2D eigenvalue weighted by Gasteiger charge is 2.29. The normalized spacial score (nSPS) is 15.0. The molecule has 14 heteroatoms. The van der Waals surface area contributed by atoms with Gasteiger partial charge in [-0.1, -0.05) is 19.1 Å². The number of ether oxygens (including phenoxy) is 2. The molecule has 0 aliphatic carbocycles. The highest BCUT2D eigenvalue weighted by atomic mass is 19.4. The van der Waals surface area contributed by atoms with Crippen LogP contribution >= 0.6 is 0 Å². The van der Waals surface area contributed by atoms with Gasteiger partial charge in [-0.25, -0.2) is 0 Å². The zero-order chi connectivity index (χ0) is 30.0. The van der Waals surface area contributed by atoms with Crippen LogP contribution < -0.4 is 25.4 Å². The molecule has 4 aliphatic rings. The van der Waals surface area contributed by atoms with Gasteiger partial charge in [0.2, 0.25) is 17.8 Å². The maximum atomic E-state index is 12.8. The Morgan fingerprint density at radius 3 is 2.40 bits per heavy atom. The zero-order valence-corrected chi connectivity index (χ0v) is 23.0. The molecule has 224 valence electrons. The molecule has 0 radical (unpaired) electrons. The van der Waals surface area contributed by atoms with E-state index in [2.05, 4.69) is 30.9 Å². The summed E-state index contributed by atoms with van der Waals surface area (Å²) >= 11 is 0. The molecule has 42 heavy (non-hydrogen) atoms. The van der Waals surface area contributed by atoms with Gasteiger partial charge in [-0.15, -0.1) is 0 Å². The van der Waals surface area contributed by atoms with Crippen LogP contribution in [0.1, 0.15) is 42.1 Å². The molecule has 11 nitrogen and oxygen atoms in total. The van der Waals surface area contributed by atoms with Crippen molar-refractivity contribution >= 4 is 29.4 Å². The molecule has 0 saturated heterocycles. The Bertz CT molecular complexity index is 1340. The molecule has 2 aromatic carbocycles. The number of carbonyl (C=O) groups is 2. The van der Waals surface area contributed by atoms with Crippen molar-refractivity contribution < 1.29 is 32.2 Å². The van der Waals surface area contributed by atoms with E-state index in [1.807, 2.05) is 19.1 Å². The van der Waals surface area contributed by atoms with Gasteiger partial charge in [0.05, 0.1) is 6.61 Å². The van der Waals surface area contributed by atoms with Crippen LogP contribution in [0, 0.1) is 0 Å². The predicted molar refractivity (Wildman–Crippen MR) is 149 cm³/mol. The molecular weight excluding hydrogens is 555 g/mol. The maximum absolute atomic E-state index is 12.8. The van der Waals surface area contributed by atoms with Crippen molar-refractivity contribution in [1.82, 2.24) is 25.2 Å². The smallest absolute Gasteiger partial charge is 0.422 e. The lowest BCUT2D eigenvalue weighted by molar-refractivity contribution is -0.154. The Balaban J connectivity index is 1.54. The topological polar surface area (TPSA) is 131 Å². The number of hydrogen-bond donors (Lipinski definition) is 3. The second-order valence-corrected chi connectivity index (χ2v) is 9.41. The first-order valence-electron chi connectivity index (χ1n) is 13.5. The van der Waals surface area contributed by atoms with Gasteiger partial charge in [0, 0.05) is 43.9 Å². The molecule has 0 atom stereocenters. The summed E-state index contributed by atoms with van der Waals surface area (Å²) in [6, 6.07) is 13.2. The van der Waals surface area contributed by atoms with E-state index < -0.39 is 18.8 Å². The van der Waals surface area contributed by atoms with Gasteiger partial charge in [-0.3, -0.25) is 9.59 Å². The number of benzene rings is 2. The van der Waals surface area contributed by atoms with Crippen molar-refractivity contribution in [3.05, 3.63) is 59.7 Å². The summed E-state index contributed by atoms with van der Waals surface area (Å²) < 4.78 is 48.8. The van der Waals surface area contributed by atoms with E-state index in [4.69, 9.17) is 9.47 Å². The van der Waals surface area contributed by atoms with Crippen LogP contribution in [0.5, 0.6) is 11.8 Å². The first-order valence-corrected chi connectivity index (χ1v) is 13.5. The molecule has 3 N–H and O–H groups in total. The highest BCUT2D eigenvalue weighted by molar-refractivity contribution is 5.94. The number of halogens is 3. The largest absolute Gasteiger partial charge is 0.494 e. The van der Waals surface area contributed by atoms with Crippen LogP contribution in [0.4, 0.5) is 30.8 Å². The number of nitrogens with zero attached hydrogens (tertiary/aromatic N) is 4. The van der Waals surface area contributed by atoms with Crippen LogP contribution in [0.25, 0.3) is 0 Å². The van der Waals surface area contributed by atoms with Crippen molar-refractivity contribution in [2.45, 2.75) is 38.9 Å². The van der Waals surface area contributed by atoms with Gasteiger partial charge < -0.3 is 30.3 Å². The van der Waals surface area contributed by atoms with E-state index in [1.54, 1.807) is 41.3 Å². The van der Waals surface area contributed by atoms with Crippen molar-refractivity contribution in [3.63, 3.8) is 0 Å². The Hall–Kier alpha value is -4.62. The average Bonchev–Trinajstić information content (AvgIpc) is 2.98. The fraction of sp³-hybridized carbons (Fsp3) is 0.393. The molecule has 6 bridgehead atoms. The lowest BCUT2D eigenvalue weighted by atomic mass is 10.2. The summed E-state index contributed by atoms with van der Waals surface area (Å²) in [5.74, 6) is 0.375. The average molecular weight is 588 g/mol. The van der Waals surface area contributed by atoms with Gasteiger partial charge in [0.15, 0.2) is 6.61 Å². The van der Waals surface area contributed by atoms with Crippen LogP contribution in [0.15, 0.2) is 48.5 Å². The summed E-state index contributed by atoms with van der Waals surface area (Å²) in [4.78, 5) is 38.9. The number of amides is 2. The maximum Gasteiger partial charge on any atom is 0.422 e. The van der Waals surface area contributed by atoms with E-state index in [-0.39, 0.29) is 30.3 Å². The van der Waals surface area contributed by atoms with Crippen molar-refractivity contribution in [3.8, 4) is 11.8 Å². The second-order valence-electron chi connectivity index (χ2n) is 9.41. The van der Waals surface area contributed by atoms with E-state index in [0.29, 0.717) is 62.5 Å². The number of rotatable bonds is 3. The molecule has 2 amide bonds. The van der Waals surface area contributed by atoms with Crippen LogP contribution in [0.3, 0.4) is 0 Å². The number of anilines is 3. The Morgan fingerprint density at radius 2 is 1.69 bits per heavy atom. The standard InChI is InChI=1S/C28H32F3N7O4/c1-2-23(39)38-14-3-13-32-24(40)20-7-9-21(10-8-20)34-26-35-25(36-27(37-26)42-18-28(29,30)31)33-17-19-5-11-22(12-6-19)41-16-4-15-38/h5-12H,2-4,13-18H2,1H3,(H,32,40)(H2,33,34,35,36,37). The summed E-state index contributed by atoms with van der Waals surface area (Å²) in [6.07, 6.45) is -2.94. The minimum Gasteiger partial charge on any atom is -0.494 e. The second kappa shape index (κ2) is 14.3. The summed E-state index contributed by atoms with van der Waals surface area (Å²) in [7, 11) is 0.